The number of rotatable bonds is 2. The third-order valence-electron chi connectivity index (χ3n) is 2.50. The van der Waals surface area contributed by atoms with Crippen molar-refractivity contribution >= 4 is 29.3 Å². The number of carbonyl (C=O) groups excluding carboxylic acids is 1. The van der Waals surface area contributed by atoms with Crippen LogP contribution in [-0.4, -0.2) is 22.2 Å². The summed E-state index contributed by atoms with van der Waals surface area (Å²) in [5.41, 5.74) is 0.756. The van der Waals surface area contributed by atoms with Crippen molar-refractivity contribution in [3.05, 3.63) is 24.3 Å². The molecule has 0 aliphatic carbocycles. The first-order valence-electron chi connectivity index (χ1n) is 4.89. The van der Waals surface area contributed by atoms with Crippen molar-refractivity contribution in [1.82, 2.24) is 0 Å². The second-order valence-corrected chi connectivity index (χ2v) is 4.83. The Kier molecular flexibility index (Phi) is 2.87. The van der Waals surface area contributed by atoms with Gasteiger partial charge >= 0.3 is 5.97 Å². The SMILES string of the molecule is CC(C(=O)O)C1Sc2ccccc2NC1=O. The maximum absolute atomic E-state index is 11.7. The van der Waals surface area contributed by atoms with Gasteiger partial charge in [-0.05, 0) is 12.1 Å². The van der Waals surface area contributed by atoms with E-state index in [4.69, 9.17) is 5.11 Å². The number of carboxylic acid groups (broad SMARTS) is 1. The van der Waals surface area contributed by atoms with Crippen LogP contribution in [0.2, 0.25) is 0 Å². The summed E-state index contributed by atoms with van der Waals surface area (Å²) in [6.07, 6.45) is 0. The fraction of sp³-hybridized carbons (Fsp3) is 0.273. The topological polar surface area (TPSA) is 66.4 Å². The third kappa shape index (κ3) is 1.90. The number of hydrogen-bond donors (Lipinski definition) is 2. The van der Waals surface area contributed by atoms with Crippen molar-refractivity contribution in [3.8, 4) is 0 Å². The molecule has 0 spiro atoms. The van der Waals surface area contributed by atoms with E-state index in [9.17, 15) is 9.59 Å². The van der Waals surface area contributed by atoms with Crippen LogP contribution in [0.3, 0.4) is 0 Å². The highest BCUT2D eigenvalue weighted by atomic mass is 32.2. The molecule has 16 heavy (non-hydrogen) atoms. The van der Waals surface area contributed by atoms with Gasteiger partial charge in [-0.1, -0.05) is 19.1 Å². The second kappa shape index (κ2) is 4.17. The predicted molar refractivity (Wildman–Crippen MR) is 61.5 cm³/mol. The van der Waals surface area contributed by atoms with Crippen molar-refractivity contribution < 1.29 is 14.7 Å². The molecule has 1 amide bonds. The lowest BCUT2D eigenvalue weighted by atomic mass is 10.1. The van der Waals surface area contributed by atoms with Gasteiger partial charge in [-0.2, -0.15) is 0 Å². The summed E-state index contributed by atoms with van der Waals surface area (Å²) in [4.78, 5) is 23.5. The zero-order valence-corrected chi connectivity index (χ0v) is 9.45. The summed E-state index contributed by atoms with van der Waals surface area (Å²) in [5.74, 6) is -1.89. The molecule has 5 heteroatoms. The molecule has 0 radical (unpaired) electrons. The van der Waals surface area contributed by atoms with Crippen LogP contribution in [-0.2, 0) is 9.59 Å². The Balaban J connectivity index is 2.28. The number of hydrogen-bond acceptors (Lipinski definition) is 3. The van der Waals surface area contributed by atoms with Gasteiger partial charge in [0.2, 0.25) is 5.91 Å². The molecule has 1 aromatic carbocycles. The van der Waals surface area contributed by atoms with Crippen molar-refractivity contribution in [2.75, 3.05) is 5.32 Å². The Morgan fingerprint density at radius 2 is 2.19 bits per heavy atom. The van der Waals surface area contributed by atoms with Gasteiger partial charge in [-0.15, -0.1) is 11.8 Å². The summed E-state index contributed by atoms with van der Waals surface area (Å²) < 4.78 is 0. The predicted octanol–water partition coefficient (Wildman–Crippen LogP) is 1.82. The number of nitrogens with one attached hydrogen (secondary N) is 1. The fourth-order valence-corrected chi connectivity index (χ4v) is 2.69. The molecule has 2 unspecified atom stereocenters. The van der Waals surface area contributed by atoms with E-state index in [2.05, 4.69) is 5.32 Å². The lowest BCUT2D eigenvalue weighted by Crippen LogP contribution is -2.37. The smallest absolute Gasteiger partial charge is 0.307 e. The lowest BCUT2D eigenvalue weighted by Gasteiger charge is -2.26. The summed E-state index contributed by atoms with van der Waals surface area (Å²) in [5, 5.41) is 11.1. The molecule has 0 saturated heterocycles. The maximum atomic E-state index is 11.7. The average Bonchev–Trinajstić information content (AvgIpc) is 2.27. The van der Waals surface area contributed by atoms with Crippen LogP contribution in [0.1, 0.15) is 6.92 Å². The Bertz CT molecular complexity index is 447. The zero-order valence-electron chi connectivity index (χ0n) is 8.64. The highest BCUT2D eigenvalue weighted by molar-refractivity contribution is 8.01. The maximum Gasteiger partial charge on any atom is 0.307 e. The van der Waals surface area contributed by atoms with E-state index >= 15 is 0 Å². The first-order chi connectivity index (χ1) is 7.59. The molecule has 1 aliphatic rings. The van der Waals surface area contributed by atoms with Gasteiger partial charge in [0.15, 0.2) is 0 Å². The first-order valence-corrected chi connectivity index (χ1v) is 5.77. The van der Waals surface area contributed by atoms with E-state index in [1.807, 2.05) is 24.3 Å². The quantitative estimate of drug-likeness (QED) is 0.823. The molecule has 2 N–H and O–H groups in total. The number of benzene rings is 1. The minimum Gasteiger partial charge on any atom is -0.481 e. The van der Waals surface area contributed by atoms with Gasteiger partial charge in [0, 0.05) is 4.90 Å². The summed E-state index contributed by atoms with van der Waals surface area (Å²) in [6.45, 7) is 1.55. The number of thioether (sulfide) groups is 1. The van der Waals surface area contributed by atoms with E-state index in [1.54, 1.807) is 6.92 Å². The molecule has 1 aliphatic heterocycles. The van der Waals surface area contributed by atoms with Crippen LogP contribution >= 0.6 is 11.8 Å². The average molecular weight is 237 g/mol. The Labute approximate surface area is 97.0 Å². The van der Waals surface area contributed by atoms with Gasteiger partial charge in [-0.25, -0.2) is 0 Å². The molecule has 4 nitrogen and oxygen atoms in total. The van der Waals surface area contributed by atoms with Crippen molar-refractivity contribution in [1.29, 1.82) is 0 Å². The summed E-state index contributed by atoms with van der Waals surface area (Å²) in [6, 6.07) is 7.38. The van der Waals surface area contributed by atoms with Gasteiger partial charge in [-0.3, -0.25) is 9.59 Å². The number of fused-ring (bicyclic) bond motifs is 1. The van der Waals surface area contributed by atoms with Gasteiger partial charge in [0.1, 0.15) is 5.25 Å². The number of carbonyl (C=O) groups is 2. The molecule has 2 rings (SSSR count). The number of anilines is 1. The van der Waals surface area contributed by atoms with E-state index in [1.165, 1.54) is 11.8 Å². The minimum absolute atomic E-state index is 0.237. The number of amides is 1. The number of para-hydroxylation sites is 1. The Hall–Kier alpha value is -1.49. The molecule has 2 atom stereocenters. The lowest BCUT2D eigenvalue weighted by molar-refractivity contribution is -0.142. The highest BCUT2D eigenvalue weighted by Crippen LogP contribution is 2.38. The van der Waals surface area contributed by atoms with Crippen LogP contribution < -0.4 is 5.32 Å². The Morgan fingerprint density at radius 3 is 2.88 bits per heavy atom. The molecular formula is C11H11NO3S. The molecular weight excluding hydrogens is 226 g/mol. The monoisotopic (exact) mass is 237 g/mol. The third-order valence-corrected chi connectivity index (χ3v) is 3.99. The molecule has 84 valence electrons. The van der Waals surface area contributed by atoms with Crippen LogP contribution in [0, 0.1) is 5.92 Å². The van der Waals surface area contributed by atoms with Gasteiger partial charge in [0.05, 0.1) is 11.6 Å². The molecule has 1 aromatic rings. The normalized spacial score (nSPS) is 20.8. The van der Waals surface area contributed by atoms with Gasteiger partial charge in [0.25, 0.3) is 0 Å². The van der Waals surface area contributed by atoms with E-state index in [-0.39, 0.29) is 5.91 Å². The standard InChI is InChI=1S/C11H11NO3S/c1-6(11(14)15)9-10(13)12-7-4-2-3-5-8(7)16-9/h2-6,9H,1H3,(H,12,13)(H,14,15). The van der Waals surface area contributed by atoms with Crippen LogP contribution in [0.15, 0.2) is 29.2 Å². The molecule has 0 saturated carbocycles. The fourth-order valence-electron chi connectivity index (χ4n) is 1.53. The minimum atomic E-state index is -0.952. The van der Waals surface area contributed by atoms with Crippen LogP contribution in [0.25, 0.3) is 0 Å². The summed E-state index contributed by atoms with van der Waals surface area (Å²) in [7, 11) is 0. The van der Waals surface area contributed by atoms with Crippen molar-refractivity contribution in [2.24, 2.45) is 5.92 Å². The van der Waals surface area contributed by atoms with E-state index < -0.39 is 17.1 Å². The van der Waals surface area contributed by atoms with E-state index in [0.29, 0.717) is 0 Å². The second-order valence-electron chi connectivity index (χ2n) is 3.65. The Morgan fingerprint density at radius 1 is 1.50 bits per heavy atom. The van der Waals surface area contributed by atoms with Crippen molar-refractivity contribution in [2.45, 2.75) is 17.1 Å². The van der Waals surface area contributed by atoms with Gasteiger partial charge < -0.3 is 10.4 Å². The van der Waals surface area contributed by atoms with Crippen LogP contribution in [0.5, 0.6) is 0 Å². The molecule has 1 heterocycles. The molecule has 0 bridgehead atoms. The van der Waals surface area contributed by atoms with Crippen LogP contribution in [0.4, 0.5) is 5.69 Å². The van der Waals surface area contributed by atoms with E-state index in [0.717, 1.165) is 10.6 Å². The zero-order chi connectivity index (χ0) is 11.7. The van der Waals surface area contributed by atoms with Crippen molar-refractivity contribution in [3.63, 3.8) is 0 Å². The number of aliphatic carboxylic acids is 1. The first kappa shape index (κ1) is 11.0. The highest BCUT2D eigenvalue weighted by Gasteiger charge is 2.34. The largest absolute Gasteiger partial charge is 0.481 e. The number of carboxylic acids is 1. The summed E-state index contributed by atoms with van der Waals surface area (Å²) >= 11 is 1.31. The molecule has 0 fully saturated rings. The molecule has 0 aromatic heterocycles.